The van der Waals surface area contributed by atoms with E-state index in [4.69, 9.17) is 13.7 Å². The van der Waals surface area contributed by atoms with E-state index in [1.807, 2.05) is 0 Å². The quantitative estimate of drug-likeness (QED) is 0.0587. The van der Waals surface area contributed by atoms with Crippen molar-refractivity contribution in [2.45, 2.75) is 136 Å². The predicted octanol–water partition coefficient (Wildman–Crippen LogP) is 7.80. The van der Waals surface area contributed by atoms with E-state index in [9.17, 15) is 14.8 Å². The lowest BCUT2D eigenvalue weighted by Gasteiger charge is -2.25. The Bertz CT molecular complexity index is 463. The normalized spacial score (nSPS) is 13.5. The van der Waals surface area contributed by atoms with Crippen LogP contribution < -0.4 is 0 Å². The molecule has 0 saturated heterocycles. The van der Waals surface area contributed by atoms with E-state index in [1.54, 1.807) is 0 Å². The molecule has 0 amide bonds. The maximum atomic E-state index is 13.2. The Morgan fingerprint density at radius 2 is 0.857 bits per heavy atom. The van der Waals surface area contributed by atoms with Crippen LogP contribution in [-0.2, 0) is 18.2 Å². The largest absolute Gasteiger partial charge is 0.491 e. The highest BCUT2D eigenvalue weighted by molar-refractivity contribution is 7.48. The van der Waals surface area contributed by atoms with Gasteiger partial charge in [-0.3, -0.25) is 9.05 Å². The maximum absolute atomic E-state index is 13.2. The van der Waals surface area contributed by atoms with Gasteiger partial charge >= 0.3 is 7.82 Å². The van der Waals surface area contributed by atoms with Gasteiger partial charge in [-0.2, -0.15) is 9.69 Å². The van der Waals surface area contributed by atoms with Crippen molar-refractivity contribution >= 4 is 7.82 Å². The molecule has 35 heavy (non-hydrogen) atoms. The summed E-state index contributed by atoms with van der Waals surface area (Å²) in [5, 5.41) is 19.7. The van der Waals surface area contributed by atoms with Gasteiger partial charge < -0.3 is 10.2 Å². The third-order valence-corrected chi connectivity index (χ3v) is 7.59. The lowest BCUT2D eigenvalue weighted by atomic mass is 10.1. The van der Waals surface area contributed by atoms with Gasteiger partial charge in [-0.15, -0.1) is 0 Å². The third-order valence-electron chi connectivity index (χ3n) is 6.16. The molecular weight excluding hydrogens is 465 g/mol. The molecule has 0 rings (SSSR count). The molecule has 1 atom stereocenters. The number of hydrogen-bond acceptors (Lipinski definition) is 7. The number of phosphoric ester groups is 1. The summed E-state index contributed by atoms with van der Waals surface area (Å²) in [5.41, 5.74) is 0. The molecule has 8 heteroatoms. The monoisotopic (exact) mass is 523 g/mol. The van der Waals surface area contributed by atoms with Crippen LogP contribution in [0.5, 0.6) is 0 Å². The zero-order valence-corrected chi connectivity index (χ0v) is 24.0. The van der Waals surface area contributed by atoms with Gasteiger partial charge in [0, 0.05) is 13.1 Å². The zero-order valence-electron chi connectivity index (χ0n) is 23.1. The lowest BCUT2D eigenvalue weighted by Crippen LogP contribution is -2.30. The first-order valence-electron chi connectivity index (χ1n) is 14.7. The zero-order chi connectivity index (χ0) is 25.9. The Balaban J connectivity index is 4.19. The van der Waals surface area contributed by atoms with Crippen molar-refractivity contribution in [3.05, 3.63) is 0 Å². The van der Waals surface area contributed by atoms with Gasteiger partial charge in [0.05, 0.1) is 26.4 Å². The molecule has 0 radical (unpaired) electrons. The highest BCUT2D eigenvalue weighted by Gasteiger charge is 2.30. The van der Waals surface area contributed by atoms with Crippen molar-refractivity contribution < 1.29 is 28.5 Å². The van der Waals surface area contributed by atoms with Crippen LogP contribution in [0.3, 0.4) is 0 Å². The first kappa shape index (κ1) is 35.0. The highest BCUT2D eigenvalue weighted by Crippen LogP contribution is 2.50. The molecule has 212 valence electrons. The van der Waals surface area contributed by atoms with Crippen LogP contribution in [0.1, 0.15) is 136 Å². The molecule has 7 nitrogen and oxygen atoms in total. The van der Waals surface area contributed by atoms with Crippen molar-refractivity contribution in [3.63, 3.8) is 0 Å². The van der Waals surface area contributed by atoms with Gasteiger partial charge in [0.1, 0.15) is 0 Å². The van der Waals surface area contributed by atoms with Crippen molar-refractivity contribution in [2.75, 3.05) is 39.5 Å². The van der Waals surface area contributed by atoms with Crippen molar-refractivity contribution in [1.82, 2.24) is 5.06 Å². The third kappa shape index (κ3) is 24.1. The fraction of sp³-hybridized carbons (Fsp3) is 1.00. The van der Waals surface area contributed by atoms with E-state index in [2.05, 4.69) is 13.8 Å². The van der Waals surface area contributed by atoms with E-state index >= 15 is 0 Å². The summed E-state index contributed by atoms with van der Waals surface area (Å²) >= 11 is 0. The summed E-state index contributed by atoms with van der Waals surface area (Å²) in [6.45, 7) is 5.03. The number of phosphoric acid groups is 1. The van der Waals surface area contributed by atoms with Gasteiger partial charge in [0.2, 0.25) is 0 Å². The molecule has 0 aromatic rings. The molecule has 0 aliphatic carbocycles. The summed E-state index contributed by atoms with van der Waals surface area (Å²) in [5.74, 6) is 0. The molecule has 0 saturated carbocycles. The Morgan fingerprint density at radius 1 is 0.543 bits per heavy atom. The minimum Gasteiger partial charge on any atom is -0.395 e. The summed E-state index contributed by atoms with van der Waals surface area (Å²) in [4.78, 5) is 0. The summed E-state index contributed by atoms with van der Waals surface area (Å²) in [7, 11) is -3.78. The van der Waals surface area contributed by atoms with Crippen molar-refractivity contribution in [3.8, 4) is 0 Å². The molecule has 0 aliphatic rings. The minimum atomic E-state index is -3.78. The maximum Gasteiger partial charge on any atom is 0.491 e. The second-order valence-electron chi connectivity index (χ2n) is 9.58. The number of hydrogen-bond donors (Lipinski definition) is 2. The molecule has 0 heterocycles. The number of aliphatic hydroxyl groups is 2. The Kier molecular flexibility index (Phi) is 27.0. The molecule has 1 unspecified atom stereocenters. The average molecular weight is 524 g/mol. The molecule has 0 aromatic carbocycles. The molecular formula is C27H58NO6P. The van der Waals surface area contributed by atoms with Gasteiger partial charge in [-0.1, -0.05) is 123 Å². The number of rotatable bonds is 29. The summed E-state index contributed by atoms with van der Waals surface area (Å²) < 4.78 is 29.9. The second kappa shape index (κ2) is 27.0. The van der Waals surface area contributed by atoms with Gasteiger partial charge in [0.15, 0.2) is 0 Å². The number of aliphatic hydroxyl groups excluding tert-OH is 2. The fourth-order valence-corrected chi connectivity index (χ4v) is 5.32. The number of unbranched alkanes of at least 4 members (excludes halogenated alkanes) is 17. The lowest BCUT2D eigenvalue weighted by molar-refractivity contribution is -0.105. The van der Waals surface area contributed by atoms with E-state index in [0.717, 1.165) is 38.5 Å². The number of nitrogens with zero attached hydrogens (tertiary/aromatic N) is 1. The molecule has 0 fully saturated rings. The highest BCUT2D eigenvalue weighted by atomic mass is 31.2. The first-order valence-corrected chi connectivity index (χ1v) is 16.1. The number of hydroxylamine groups is 2. The van der Waals surface area contributed by atoms with E-state index in [0.29, 0.717) is 13.2 Å². The molecule has 0 spiro atoms. The van der Waals surface area contributed by atoms with Crippen LogP contribution >= 0.6 is 7.82 Å². The SMILES string of the molecule is CCCCCCCCCCCCOP(=O)(OCCCCCCCCCCC)ON(CCO)CCO. The Morgan fingerprint density at radius 3 is 1.17 bits per heavy atom. The summed E-state index contributed by atoms with van der Waals surface area (Å²) in [6.07, 6.45) is 22.9. The fourth-order valence-electron chi connectivity index (χ4n) is 4.00. The van der Waals surface area contributed by atoms with Crippen molar-refractivity contribution in [2.24, 2.45) is 0 Å². The van der Waals surface area contributed by atoms with Gasteiger partial charge in [-0.25, -0.2) is 4.57 Å². The topological polar surface area (TPSA) is 88.5 Å². The van der Waals surface area contributed by atoms with Crippen LogP contribution in [0.25, 0.3) is 0 Å². The van der Waals surface area contributed by atoms with Crippen LogP contribution in [0.4, 0.5) is 0 Å². The minimum absolute atomic E-state index is 0.132. The van der Waals surface area contributed by atoms with Gasteiger partial charge in [0.25, 0.3) is 0 Å². The van der Waals surface area contributed by atoms with Crippen LogP contribution in [0.2, 0.25) is 0 Å². The van der Waals surface area contributed by atoms with Crippen LogP contribution in [0, 0.1) is 0 Å². The Hall–Kier alpha value is -0.0100. The molecule has 0 aromatic heterocycles. The first-order chi connectivity index (χ1) is 17.1. The predicted molar refractivity (Wildman–Crippen MR) is 145 cm³/mol. The Labute approximate surface area is 216 Å². The smallest absolute Gasteiger partial charge is 0.395 e. The van der Waals surface area contributed by atoms with Crippen molar-refractivity contribution in [1.29, 1.82) is 0 Å². The van der Waals surface area contributed by atoms with Crippen LogP contribution in [0.15, 0.2) is 0 Å². The molecule has 0 bridgehead atoms. The summed E-state index contributed by atoms with van der Waals surface area (Å²) in [6, 6.07) is 0. The van der Waals surface area contributed by atoms with Gasteiger partial charge in [-0.05, 0) is 12.8 Å². The average Bonchev–Trinajstić information content (AvgIpc) is 2.84. The molecule has 0 aliphatic heterocycles. The van der Waals surface area contributed by atoms with E-state index in [-0.39, 0.29) is 26.3 Å². The van der Waals surface area contributed by atoms with E-state index in [1.165, 1.54) is 88.5 Å². The molecule has 2 N–H and O–H groups in total. The standard InChI is InChI=1S/C27H58NO6P/c1-3-5-7-9-11-13-15-17-19-21-27-33-35(31,34-28(22-24-29)23-25-30)32-26-20-18-16-14-12-10-8-6-4-2/h29-30H,3-27H2,1-2H3. The van der Waals surface area contributed by atoms with Crippen LogP contribution in [-0.4, -0.2) is 54.8 Å². The van der Waals surface area contributed by atoms with E-state index < -0.39 is 7.82 Å². The second-order valence-corrected chi connectivity index (χ2v) is 11.2.